The predicted octanol–water partition coefficient (Wildman–Crippen LogP) is 4.23. The van der Waals surface area contributed by atoms with Gasteiger partial charge in [-0.25, -0.2) is 0 Å². The summed E-state index contributed by atoms with van der Waals surface area (Å²) in [5.74, 6) is 1.59. The van der Waals surface area contributed by atoms with E-state index in [4.69, 9.17) is 4.42 Å². The molecule has 6 nitrogen and oxygen atoms in total. The van der Waals surface area contributed by atoms with Gasteiger partial charge in [0.05, 0.1) is 6.54 Å². The summed E-state index contributed by atoms with van der Waals surface area (Å²) in [5, 5.41) is 15.4. The summed E-state index contributed by atoms with van der Waals surface area (Å²) in [6.07, 6.45) is 1.84. The van der Waals surface area contributed by atoms with Crippen LogP contribution in [0.3, 0.4) is 0 Å². The van der Waals surface area contributed by atoms with Gasteiger partial charge < -0.3 is 9.73 Å². The van der Waals surface area contributed by atoms with Gasteiger partial charge in [-0.05, 0) is 74.5 Å². The highest BCUT2D eigenvalue weighted by molar-refractivity contribution is 7.08. The summed E-state index contributed by atoms with van der Waals surface area (Å²) in [6.45, 7) is 6.22. The molecule has 0 unspecified atom stereocenters. The molecule has 4 rings (SSSR count). The number of carbonyl (C=O) groups excluding carboxylic acids is 1. The van der Waals surface area contributed by atoms with Crippen molar-refractivity contribution in [3.05, 3.63) is 52.0 Å². The van der Waals surface area contributed by atoms with E-state index in [1.165, 1.54) is 11.1 Å². The van der Waals surface area contributed by atoms with E-state index in [1.807, 2.05) is 35.0 Å². The number of thiophene rings is 1. The standard InChI is InChI=1S/C21H24N4O2S/c1-14-3-4-18(11-15(14)2)22-19(26)12-25-8-5-16(6-9-25)20-23-24-21(27-20)17-7-10-28-13-17/h3-4,7,10-11,13,16H,5-6,8-9,12H2,1-2H3,(H,22,26). The maximum atomic E-state index is 12.4. The van der Waals surface area contributed by atoms with Crippen molar-refractivity contribution in [2.45, 2.75) is 32.6 Å². The molecular formula is C21H24N4O2S. The lowest BCUT2D eigenvalue weighted by Crippen LogP contribution is -2.38. The summed E-state index contributed by atoms with van der Waals surface area (Å²) >= 11 is 1.61. The molecule has 1 N–H and O–H groups in total. The minimum atomic E-state index is 0.0271. The lowest BCUT2D eigenvalue weighted by atomic mass is 9.97. The molecule has 1 aromatic carbocycles. The van der Waals surface area contributed by atoms with E-state index < -0.39 is 0 Å². The summed E-state index contributed by atoms with van der Waals surface area (Å²) in [6, 6.07) is 7.98. The van der Waals surface area contributed by atoms with Crippen LogP contribution in [0, 0.1) is 13.8 Å². The van der Waals surface area contributed by atoms with Crippen LogP contribution >= 0.6 is 11.3 Å². The Kier molecular flexibility index (Phi) is 5.54. The maximum Gasteiger partial charge on any atom is 0.248 e. The topological polar surface area (TPSA) is 71.3 Å². The molecule has 0 bridgehead atoms. The van der Waals surface area contributed by atoms with Crippen molar-refractivity contribution in [1.82, 2.24) is 15.1 Å². The van der Waals surface area contributed by atoms with Crippen molar-refractivity contribution >= 4 is 22.9 Å². The number of anilines is 1. The molecule has 1 fully saturated rings. The van der Waals surface area contributed by atoms with Gasteiger partial charge in [-0.1, -0.05) is 6.07 Å². The number of nitrogens with one attached hydrogen (secondary N) is 1. The number of likely N-dealkylation sites (tertiary alicyclic amines) is 1. The van der Waals surface area contributed by atoms with Crippen LogP contribution in [-0.2, 0) is 4.79 Å². The van der Waals surface area contributed by atoms with Crippen molar-refractivity contribution in [3.63, 3.8) is 0 Å². The molecule has 1 aliphatic rings. The first-order chi connectivity index (χ1) is 13.6. The van der Waals surface area contributed by atoms with E-state index in [0.29, 0.717) is 18.3 Å². The van der Waals surface area contributed by atoms with Gasteiger partial charge in [-0.2, -0.15) is 11.3 Å². The van der Waals surface area contributed by atoms with Crippen LogP contribution in [0.1, 0.15) is 35.8 Å². The van der Waals surface area contributed by atoms with Gasteiger partial charge in [0, 0.05) is 22.5 Å². The van der Waals surface area contributed by atoms with E-state index in [0.717, 1.165) is 37.2 Å². The molecule has 0 aliphatic carbocycles. The van der Waals surface area contributed by atoms with Crippen LogP contribution < -0.4 is 5.32 Å². The molecule has 3 heterocycles. The van der Waals surface area contributed by atoms with Crippen LogP contribution in [0.2, 0.25) is 0 Å². The van der Waals surface area contributed by atoms with E-state index >= 15 is 0 Å². The van der Waals surface area contributed by atoms with Crippen LogP contribution in [0.5, 0.6) is 0 Å². The Morgan fingerprint density at radius 1 is 1.21 bits per heavy atom. The third kappa shape index (κ3) is 4.31. The van der Waals surface area contributed by atoms with Crippen LogP contribution in [0.4, 0.5) is 5.69 Å². The van der Waals surface area contributed by atoms with Crippen molar-refractivity contribution < 1.29 is 9.21 Å². The number of benzene rings is 1. The first kappa shape index (κ1) is 18.8. The number of rotatable bonds is 5. The van der Waals surface area contributed by atoms with E-state index in [9.17, 15) is 4.79 Å². The van der Waals surface area contributed by atoms with Crippen LogP contribution in [0.15, 0.2) is 39.4 Å². The largest absolute Gasteiger partial charge is 0.420 e. The number of piperidine rings is 1. The number of carbonyl (C=O) groups is 1. The number of aromatic nitrogens is 2. The van der Waals surface area contributed by atoms with Crippen LogP contribution in [-0.4, -0.2) is 40.6 Å². The summed E-state index contributed by atoms with van der Waals surface area (Å²) in [4.78, 5) is 14.6. The highest BCUT2D eigenvalue weighted by Gasteiger charge is 2.26. The number of aryl methyl sites for hydroxylation is 2. The second kappa shape index (κ2) is 8.24. The zero-order valence-corrected chi connectivity index (χ0v) is 17.0. The van der Waals surface area contributed by atoms with Gasteiger partial charge in [0.1, 0.15) is 0 Å². The molecule has 1 aliphatic heterocycles. The second-order valence-electron chi connectivity index (χ2n) is 7.36. The third-order valence-corrected chi connectivity index (χ3v) is 5.99. The average molecular weight is 397 g/mol. The van der Waals surface area contributed by atoms with E-state index in [2.05, 4.69) is 34.3 Å². The second-order valence-corrected chi connectivity index (χ2v) is 8.14. The quantitative estimate of drug-likeness (QED) is 0.699. The number of amides is 1. The number of nitrogens with zero attached hydrogens (tertiary/aromatic N) is 3. The van der Waals surface area contributed by atoms with Crippen molar-refractivity contribution in [2.24, 2.45) is 0 Å². The predicted molar refractivity (Wildman–Crippen MR) is 111 cm³/mol. The van der Waals surface area contributed by atoms with Gasteiger partial charge in [0.25, 0.3) is 0 Å². The smallest absolute Gasteiger partial charge is 0.248 e. The van der Waals surface area contributed by atoms with Gasteiger partial charge in [0.2, 0.25) is 17.7 Å². The lowest BCUT2D eigenvalue weighted by molar-refractivity contribution is -0.117. The Labute approximate surface area is 168 Å². The minimum absolute atomic E-state index is 0.0271. The first-order valence-electron chi connectivity index (χ1n) is 9.54. The molecule has 28 heavy (non-hydrogen) atoms. The third-order valence-electron chi connectivity index (χ3n) is 5.30. The Bertz CT molecular complexity index is 943. The summed E-state index contributed by atoms with van der Waals surface area (Å²) in [7, 11) is 0. The molecule has 1 amide bonds. The molecule has 146 valence electrons. The van der Waals surface area contributed by atoms with Crippen molar-refractivity contribution in [2.75, 3.05) is 25.0 Å². The van der Waals surface area contributed by atoms with Crippen molar-refractivity contribution in [3.8, 4) is 11.5 Å². The molecule has 0 atom stereocenters. The SMILES string of the molecule is Cc1ccc(NC(=O)CN2CCC(c3nnc(-c4ccsc4)o3)CC2)cc1C. The fourth-order valence-electron chi connectivity index (χ4n) is 3.46. The first-order valence-corrected chi connectivity index (χ1v) is 10.5. The zero-order valence-electron chi connectivity index (χ0n) is 16.1. The highest BCUT2D eigenvalue weighted by atomic mass is 32.1. The molecule has 0 radical (unpaired) electrons. The summed E-state index contributed by atoms with van der Waals surface area (Å²) in [5.41, 5.74) is 4.24. The van der Waals surface area contributed by atoms with Gasteiger partial charge in [0.15, 0.2) is 0 Å². The number of hydrogen-bond donors (Lipinski definition) is 1. The molecular weight excluding hydrogens is 372 g/mol. The molecule has 1 saturated heterocycles. The Morgan fingerprint density at radius 3 is 2.75 bits per heavy atom. The van der Waals surface area contributed by atoms with Crippen molar-refractivity contribution in [1.29, 1.82) is 0 Å². The van der Waals surface area contributed by atoms with Crippen LogP contribution in [0.25, 0.3) is 11.5 Å². The fraction of sp³-hybridized carbons (Fsp3) is 0.381. The van der Waals surface area contributed by atoms with Gasteiger partial charge in [-0.15, -0.1) is 10.2 Å². The highest BCUT2D eigenvalue weighted by Crippen LogP contribution is 2.29. The molecule has 2 aromatic heterocycles. The molecule has 7 heteroatoms. The zero-order chi connectivity index (χ0) is 19.5. The Balaban J connectivity index is 1.28. The maximum absolute atomic E-state index is 12.4. The fourth-order valence-corrected chi connectivity index (χ4v) is 4.09. The average Bonchev–Trinajstić information content (AvgIpc) is 3.37. The molecule has 0 spiro atoms. The summed E-state index contributed by atoms with van der Waals surface area (Å²) < 4.78 is 5.87. The number of hydrogen-bond acceptors (Lipinski definition) is 6. The van der Waals surface area contributed by atoms with E-state index in [1.54, 1.807) is 11.3 Å². The monoisotopic (exact) mass is 396 g/mol. The van der Waals surface area contributed by atoms with E-state index in [-0.39, 0.29) is 11.8 Å². The molecule has 0 saturated carbocycles. The normalized spacial score (nSPS) is 15.6. The Morgan fingerprint density at radius 2 is 2.04 bits per heavy atom. The van der Waals surface area contributed by atoms with Gasteiger partial charge in [-0.3, -0.25) is 9.69 Å². The molecule has 3 aromatic rings. The minimum Gasteiger partial charge on any atom is -0.420 e. The van der Waals surface area contributed by atoms with Gasteiger partial charge >= 0.3 is 0 Å². The lowest BCUT2D eigenvalue weighted by Gasteiger charge is -2.29. The Hall–Kier alpha value is -2.51.